The molecule has 0 saturated heterocycles. The minimum Gasteiger partial charge on any atom is -0.361 e. The van der Waals surface area contributed by atoms with E-state index in [1.807, 2.05) is 30.5 Å². The minimum absolute atomic E-state index is 0.148. The molecule has 3 N–H and O–H groups in total. The number of hydrogen-bond acceptors (Lipinski definition) is 2. The molecule has 162 valence electrons. The molecule has 1 aliphatic carbocycles. The number of amides is 2. The first-order chi connectivity index (χ1) is 15.0. The van der Waals surface area contributed by atoms with Gasteiger partial charge in [0.05, 0.1) is 10.6 Å². The number of para-hydroxylation sites is 1. The maximum Gasteiger partial charge on any atom is 0.253 e. The molecule has 0 spiro atoms. The quantitative estimate of drug-likeness (QED) is 0.515. The Morgan fingerprint density at radius 2 is 1.77 bits per heavy atom. The van der Waals surface area contributed by atoms with Gasteiger partial charge in [0.2, 0.25) is 5.91 Å². The van der Waals surface area contributed by atoms with E-state index in [0.29, 0.717) is 22.9 Å². The number of rotatable bonds is 6. The van der Waals surface area contributed by atoms with Crippen LogP contribution in [0.5, 0.6) is 0 Å². The molecular formula is C25H28ClN3O2. The first kappa shape index (κ1) is 21.4. The predicted molar refractivity (Wildman–Crippen MR) is 124 cm³/mol. The molecular weight excluding hydrogens is 410 g/mol. The van der Waals surface area contributed by atoms with Crippen LogP contribution >= 0.6 is 11.6 Å². The Balaban J connectivity index is 1.54. The Kier molecular flexibility index (Phi) is 6.62. The summed E-state index contributed by atoms with van der Waals surface area (Å²) in [5.41, 5.74) is 2.37. The number of benzene rings is 2. The fraction of sp³-hybridized carbons (Fsp3) is 0.360. The van der Waals surface area contributed by atoms with Crippen LogP contribution < -0.4 is 10.6 Å². The summed E-state index contributed by atoms with van der Waals surface area (Å²) in [7, 11) is 0. The highest BCUT2D eigenvalue weighted by molar-refractivity contribution is 6.33. The summed E-state index contributed by atoms with van der Waals surface area (Å²) in [6.45, 7) is 2.25. The molecule has 0 bridgehead atoms. The summed E-state index contributed by atoms with van der Waals surface area (Å²) in [6.07, 6.45) is 6.49. The average molecular weight is 438 g/mol. The highest BCUT2D eigenvalue weighted by Crippen LogP contribution is 2.24. The van der Waals surface area contributed by atoms with E-state index in [0.717, 1.165) is 42.1 Å². The van der Waals surface area contributed by atoms with Gasteiger partial charge in [-0.05, 0) is 55.4 Å². The van der Waals surface area contributed by atoms with Crippen molar-refractivity contribution in [1.82, 2.24) is 15.6 Å². The van der Waals surface area contributed by atoms with E-state index in [2.05, 4.69) is 22.5 Å². The zero-order valence-corrected chi connectivity index (χ0v) is 18.4. The zero-order chi connectivity index (χ0) is 21.8. The van der Waals surface area contributed by atoms with E-state index < -0.39 is 6.04 Å². The van der Waals surface area contributed by atoms with Crippen molar-refractivity contribution in [2.75, 3.05) is 0 Å². The Labute approximate surface area is 187 Å². The molecule has 1 fully saturated rings. The molecule has 0 radical (unpaired) electrons. The summed E-state index contributed by atoms with van der Waals surface area (Å²) < 4.78 is 0. The van der Waals surface area contributed by atoms with Crippen LogP contribution in [0.3, 0.4) is 0 Å². The minimum atomic E-state index is -0.692. The third-order valence-corrected chi connectivity index (χ3v) is 6.53. The second kappa shape index (κ2) is 9.56. The first-order valence-electron chi connectivity index (χ1n) is 10.9. The number of fused-ring (bicyclic) bond motifs is 1. The molecule has 4 rings (SSSR count). The highest BCUT2D eigenvalue weighted by atomic mass is 35.5. The molecule has 1 aliphatic rings. The largest absolute Gasteiger partial charge is 0.361 e. The second-order valence-electron chi connectivity index (χ2n) is 8.53. The number of aromatic amines is 1. The van der Waals surface area contributed by atoms with E-state index in [9.17, 15) is 9.59 Å². The van der Waals surface area contributed by atoms with Crippen molar-refractivity contribution in [2.24, 2.45) is 5.92 Å². The summed E-state index contributed by atoms with van der Waals surface area (Å²) >= 11 is 6.21. The van der Waals surface area contributed by atoms with E-state index >= 15 is 0 Å². The normalized spacial score (nSPS) is 19.7. The summed E-state index contributed by atoms with van der Waals surface area (Å²) in [5, 5.41) is 7.52. The van der Waals surface area contributed by atoms with Gasteiger partial charge in [0.25, 0.3) is 5.91 Å². The fourth-order valence-corrected chi connectivity index (χ4v) is 4.54. The average Bonchev–Trinajstić information content (AvgIpc) is 3.18. The van der Waals surface area contributed by atoms with Crippen molar-refractivity contribution in [3.8, 4) is 0 Å². The summed E-state index contributed by atoms with van der Waals surface area (Å²) in [5.74, 6) is 0.211. The van der Waals surface area contributed by atoms with Gasteiger partial charge in [0, 0.05) is 29.6 Å². The van der Waals surface area contributed by atoms with Gasteiger partial charge in [-0.25, -0.2) is 0 Å². The molecule has 31 heavy (non-hydrogen) atoms. The summed E-state index contributed by atoms with van der Waals surface area (Å²) in [4.78, 5) is 29.4. The molecule has 1 heterocycles. The van der Waals surface area contributed by atoms with Crippen molar-refractivity contribution in [3.63, 3.8) is 0 Å². The van der Waals surface area contributed by atoms with Crippen molar-refractivity contribution in [3.05, 3.63) is 70.9 Å². The molecule has 5 nitrogen and oxygen atoms in total. The van der Waals surface area contributed by atoms with Gasteiger partial charge in [-0.2, -0.15) is 0 Å². The lowest BCUT2D eigenvalue weighted by molar-refractivity contribution is -0.123. The van der Waals surface area contributed by atoms with Gasteiger partial charge in [-0.3, -0.25) is 9.59 Å². The van der Waals surface area contributed by atoms with Crippen LogP contribution in [-0.2, 0) is 11.2 Å². The fourth-order valence-electron chi connectivity index (χ4n) is 4.32. The SMILES string of the molecule is CC1CCC(NC(=O)[C@H](Cc2c[nH]c3ccccc23)NC(=O)c2ccccc2Cl)CC1. The van der Waals surface area contributed by atoms with Crippen LogP contribution in [0, 0.1) is 5.92 Å². The van der Waals surface area contributed by atoms with Crippen molar-refractivity contribution in [2.45, 2.75) is 51.1 Å². The molecule has 0 aliphatic heterocycles. The molecule has 3 aromatic rings. The number of H-pyrrole nitrogens is 1. The van der Waals surface area contributed by atoms with Gasteiger partial charge in [-0.15, -0.1) is 0 Å². The predicted octanol–water partition coefficient (Wildman–Crippen LogP) is 4.86. The van der Waals surface area contributed by atoms with Gasteiger partial charge >= 0.3 is 0 Å². The van der Waals surface area contributed by atoms with E-state index in [4.69, 9.17) is 11.6 Å². The van der Waals surface area contributed by atoms with Crippen LogP contribution in [0.1, 0.15) is 48.5 Å². The van der Waals surface area contributed by atoms with Gasteiger partial charge < -0.3 is 15.6 Å². The number of aromatic nitrogens is 1. The van der Waals surface area contributed by atoms with Crippen molar-refractivity contribution < 1.29 is 9.59 Å². The van der Waals surface area contributed by atoms with Crippen LogP contribution in [0.2, 0.25) is 5.02 Å². The summed E-state index contributed by atoms with van der Waals surface area (Å²) in [6, 6.07) is 14.3. The van der Waals surface area contributed by atoms with Gasteiger partial charge in [0.1, 0.15) is 6.04 Å². The smallest absolute Gasteiger partial charge is 0.253 e. The Morgan fingerprint density at radius 1 is 1.06 bits per heavy atom. The third-order valence-electron chi connectivity index (χ3n) is 6.20. The zero-order valence-electron chi connectivity index (χ0n) is 17.7. The third kappa shape index (κ3) is 5.10. The molecule has 6 heteroatoms. The maximum absolute atomic E-state index is 13.2. The lowest BCUT2D eigenvalue weighted by Gasteiger charge is -2.29. The lowest BCUT2D eigenvalue weighted by atomic mass is 9.87. The molecule has 2 amide bonds. The van der Waals surface area contributed by atoms with Crippen molar-refractivity contribution >= 4 is 34.3 Å². The van der Waals surface area contributed by atoms with E-state index in [-0.39, 0.29) is 17.9 Å². The number of nitrogens with one attached hydrogen (secondary N) is 3. The molecule has 1 saturated carbocycles. The Hall–Kier alpha value is -2.79. The highest BCUT2D eigenvalue weighted by Gasteiger charge is 2.27. The monoisotopic (exact) mass is 437 g/mol. The van der Waals surface area contributed by atoms with Crippen LogP contribution in [0.15, 0.2) is 54.7 Å². The van der Waals surface area contributed by atoms with E-state index in [1.165, 1.54) is 0 Å². The number of hydrogen-bond donors (Lipinski definition) is 3. The number of halogens is 1. The first-order valence-corrected chi connectivity index (χ1v) is 11.3. The molecule has 1 aromatic heterocycles. The second-order valence-corrected chi connectivity index (χ2v) is 8.94. The standard InChI is InChI=1S/C25H28ClN3O2/c1-16-10-12-18(13-11-16)28-25(31)23(29-24(30)20-7-2-4-8-21(20)26)14-17-15-27-22-9-5-3-6-19(17)22/h2-9,15-16,18,23,27H,10-14H2,1H3,(H,28,31)(H,29,30)/t16?,18?,23-/m0/s1. The molecule has 1 atom stereocenters. The topological polar surface area (TPSA) is 74.0 Å². The van der Waals surface area contributed by atoms with Crippen molar-refractivity contribution in [1.29, 1.82) is 0 Å². The lowest BCUT2D eigenvalue weighted by Crippen LogP contribution is -2.51. The van der Waals surface area contributed by atoms with Crippen LogP contribution in [0.25, 0.3) is 10.9 Å². The molecule has 0 unspecified atom stereocenters. The maximum atomic E-state index is 13.2. The van der Waals surface area contributed by atoms with Gasteiger partial charge in [-0.1, -0.05) is 48.9 Å². The van der Waals surface area contributed by atoms with Gasteiger partial charge in [0.15, 0.2) is 0 Å². The van der Waals surface area contributed by atoms with Crippen LogP contribution in [0.4, 0.5) is 0 Å². The molecule has 2 aromatic carbocycles. The Morgan fingerprint density at radius 3 is 2.55 bits per heavy atom. The van der Waals surface area contributed by atoms with Crippen LogP contribution in [-0.4, -0.2) is 28.9 Å². The number of carbonyl (C=O) groups is 2. The number of carbonyl (C=O) groups excluding carboxylic acids is 2. The Bertz CT molecular complexity index is 1070. The van der Waals surface area contributed by atoms with E-state index in [1.54, 1.807) is 24.3 Å².